The molecule has 0 bridgehead atoms. The normalized spacial score (nSPS) is 12.5. The smallest absolute Gasteiger partial charge is 0.0562 e. The summed E-state index contributed by atoms with van der Waals surface area (Å²) in [6.45, 7) is 2.06. The molecule has 1 unspecified atom stereocenters. The van der Waals surface area contributed by atoms with Gasteiger partial charge in [0.1, 0.15) is 0 Å². The highest BCUT2D eigenvalue weighted by Crippen LogP contribution is 2.28. The van der Waals surface area contributed by atoms with Crippen LogP contribution in [-0.4, -0.2) is 0 Å². The van der Waals surface area contributed by atoms with Gasteiger partial charge in [0.25, 0.3) is 0 Å². The summed E-state index contributed by atoms with van der Waals surface area (Å²) in [5.41, 5.74) is 9.61. The van der Waals surface area contributed by atoms with Crippen LogP contribution in [0.2, 0.25) is 5.02 Å². The molecule has 2 aromatic rings. The second-order valence-corrected chi connectivity index (χ2v) is 5.34. The Morgan fingerprint density at radius 2 is 1.76 bits per heavy atom. The Hall–Kier alpha value is -0.830. The van der Waals surface area contributed by atoms with Gasteiger partial charge in [-0.25, -0.2) is 0 Å². The molecular formula is C14H13BrClN. The summed E-state index contributed by atoms with van der Waals surface area (Å²) in [5, 5.41) is 0.726. The van der Waals surface area contributed by atoms with Gasteiger partial charge in [-0.15, -0.1) is 0 Å². The fraction of sp³-hybridized carbons (Fsp3) is 0.143. The number of halogens is 2. The van der Waals surface area contributed by atoms with Crippen LogP contribution in [0.25, 0.3) is 0 Å². The molecule has 2 rings (SSSR count). The van der Waals surface area contributed by atoms with Gasteiger partial charge in [-0.1, -0.05) is 57.4 Å². The molecule has 1 nitrogen and oxygen atoms in total. The molecule has 0 aliphatic rings. The summed E-state index contributed by atoms with van der Waals surface area (Å²) in [6, 6.07) is 13.7. The van der Waals surface area contributed by atoms with Crippen LogP contribution in [0.5, 0.6) is 0 Å². The van der Waals surface area contributed by atoms with E-state index in [9.17, 15) is 0 Å². The van der Waals surface area contributed by atoms with E-state index in [0.29, 0.717) is 0 Å². The van der Waals surface area contributed by atoms with Gasteiger partial charge in [0.05, 0.1) is 6.04 Å². The van der Waals surface area contributed by atoms with Crippen molar-refractivity contribution < 1.29 is 0 Å². The van der Waals surface area contributed by atoms with Crippen molar-refractivity contribution in [1.82, 2.24) is 0 Å². The van der Waals surface area contributed by atoms with E-state index in [2.05, 4.69) is 35.0 Å². The molecule has 0 aromatic heterocycles. The molecule has 0 heterocycles. The highest BCUT2D eigenvalue weighted by molar-refractivity contribution is 9.10. The van der Waals surface area contributed by atoms with Gasteiger partial charge in [-0.2, -0.15) is 0 Å². The summed E-state index contributed by atoms with van der Waals surface area (Å²) in [5.74, 6) is 0. The van der Waals surface area contributed by atoms with Gasteiger partial charge >= 0.3 is 0 Å². The SMILES string of the molecule is Cc1ccc(Br)c(C(N)c2ccc(Cl)cc2)c1. The number of nitrogens with two attached hydrogens (primary N) is 1. The lowest BCUT2D eigenvalue weighted by atomic mass is 9.98. The van der Waals surface area contributed by atoms with Crippen LogP contribution in [0.3, 0.4) is 0 Å². The quantitative estimate of drug-likeness (QED) is 0.871. The Morgan fingerprint density at radius 1 is 1.12 bits per heavy atom. The molecule has 0 saturated carbocycles. The van der Waals surface area contributed by atoms with E-state index < -0.39 is 0 Å². The predicted octanol–water partition coefficient (Wildman–Crippen LogP) is 4.46. The highest BCUT2D eigenvalue weighted by atomic mass is 79.9. The molecule has 0 saturated heterocycles. The lowest BCUT2D eigenvalue weighted by molar-refractivity contribution is 0.864. The Bertz CT molecular complexity index is 522. The monoisotopic (exact) mass is 309 g/mol. The standard InChI is InChI=1S/C14H13BrClN/c1-9-2-7-13(15)12(8-9)14(17)10-3-5-11(16)6-4-10/h2-8,14H,17H2,1H3. The zero-order chi connectivity index (χ0) is 12.4. The van der Waals surface area contributed by atoms with E-state index in [4.69, 9.17) is 17.3 Å². The molecule has 0 radical (unpaired) electrons. The first kappa shape index (κ1) is 12.6. The molecular weight excluding hydrogens is 298 g/mol. The van der Waals surface area contributed by atoms with E-state index in [1.165, 1.54) is 5.56 Å². The first-order valence-corrected chi connectivity index (χ1v) is 6.52. The van der Waals surface area contributed by atoms with Gasteiger partial charge in [0.15, 0.2) is 0 Å². The van der Waals surface area contributed by atoms with Crippen LogP contribution in [-0.2, 0) is 0 Å². The third-order valence-corrected chi connectivity index (χ3v) is 3.69. The molecule has 0 fully saturated rings. The average Bonchev–Trinajstić information content (AvgIpc) is 2.32. The number of aryl methyl sites for hydroxylation is 1. The van der Waals surface area contributed by atoms with Crippen LogP contribution in [0.1, 0.15) is 22.7 Å². The van der Waals surface area contributed by atoms with E-state index in [1.54, 1.807) is 0 Å². The number of rotatable bonds is 2. The Balaban J connectivity index is 2.39. The predicted molar refractivity (Wildman–Crippen MR) is 76.4 cm³/mol. The molecule has 1 atom stereocenters. The van der Waals surface area contributed by atoms with Gasteiger partial charge in [-0.3, -0.25) is 0 Å². The van der Waals surface area contributed by atoms with E-state index >= 15 is 0 Å². The molecule has 3 heteroatoms. The summed E-state index contributed by atoms with van der Waals surface area (Å²) in [6.07, 6.45) is 0. The van der Waals surface area contributed by atoms with Crippen molar-refractivity contribution in [1.29, 1.82) is 0 Å². The fourth-order valence-corrected chi connectivity index (χ4v) is 2.37. The van der Waals surface area contributed by atoms with Gasteiger partial charge in [0.2, 0.25) is 0 Å². The molecule has 88 valence electrons. The number of hydrogen-bond acceptors (Lipinski definition) is 1. The maximum atomic E-state index is 6.26. The van der Waals surface area contributed by atoms with Crippen molar-refractivity contribution in [3.8, 4) is 0 Å². The average molecular weight is 311 g/mol. The topological polar surface area (TPSA) is 26.0 Å². The van der Waals surface area contributed by atoms with E-state index in [-0.39, 0.29) is 6.04 Å². The van der Waals surface area contributed by atoms with Crippen LogP contribution in [0.15, 0.2) is 46.9 Å². The first-order chi connectivity index (χ1) is 8.08. The Morgan fingerprint density at radius 3 is 2.41 bits per heavy atom. The summed E-state index contributed by atoms with van der Waals surface area (Å²) < 4.78 is 1.03. The molecule has 0 spiro atoms. The molecule has 0 amide bonds. The largest absolute Gasteiger partial charge is 0.320 e. The minimum atomic E-state index is -0.137. The van der Waals surface area contributed by atoms with E-state index in [0.717, 1.165) is 20.6 Å². The third kappa shape index (κ3) is 2.89. The Kier molecular flexibility index (Phi) is 3.87. The van der Waals surface area contributed by atoms with Crippen molar-refractivity contribution in [2.75, 3.05) is 0 Å². The zero-order valence-electron chi connectivity index (χ0n) is 9.45. The van der Waals surface area contributed by atoms with Gasteiger partial charge < -0.3 is 5.73 Å². The minimum absolute atomic E-state index is 0.137. The zero-order valence-corrected chi connectivity index (χ0v) is 11.8. The van der Waals surface area contributed by atoms with Crippen LogP contribution in [0, 0.1) is 6.92 Å². The molecule has 0 aliphatic carbocycles. The van der Waals surface area contributed by atoms with Crippen molar-refractivity contribution in [3.05, 3.63) is 68.7 Å². The first-order valence-electron chi connectivity index (χ1n) is 5.35. The van der Waals surface area contributed by atoms with Crippen LogP contribution in [0.4, 0.5) is 0 Å². The molecule has 2 aromatic carbocycles. The van der Waals surface area contributed by atoms with Crippen molar-refractivity contribution in [2.24, 2.45) is 5.73 Å². The van der Waals surface area contributed by atoms with Crippen LogP contribution < -0.4 is 5.73 Å². The minimum Gasteiger partial charge on any atom is -0.320 e. The third-order valence-electron chi connectivity index (χ3n) is 2.72. The second-order valence-electron chi connectivity index (χ2n) is 4.05. The maximum absolute atomic E-state index is 6.26. The van der Waals surface area contributed by atoms with Gasteiger partial charge in [-0.05, 0) is 36.2 Å². The molecule has 0 aliphatic heterocycles. The van der Waals surface area contributed by atoms with Gasteiger partial charge in [0, 0.05) is 9.50 Å². The molecule has 2 N–H and O–H groups in total. The van der Waals surface area contributed by atoms with Crippen molar-refractivity contribution in [2.45, 2.75) is 13.0 Å². The van der Waals surface area contributed by atoms with E-state index in [1.807, 2.05) is 30.3 Å². The fourth-order valence-electron chi connectivity index (χ4n) is 1.75. The lowest BCUT2D eigenvalue weighted by Gasteiger charge is -2.15. The summed E-state index contributed by atoms with van der Waals surface area (Å²) in [7, 11) is 0. The van der Waals surface area contributed by atoms with Crippen molar-refractivity contribution in [3.63, 3.8) is 0 Å². The van der Waals surface area contributed by atoms with Crippen LogP contribution >= 0.6 is 27.5 Å². The number of hydrogen-bond donors (Lipinski definition) is 1. The highest BCUT2D eigenvalue weighted by Gasteiger charge is 2.12. The maximum Gasteiger partial charge on any atom is 0.0562 e. The summed E-state index contributed by atoms with van der Waals surface area (Å²) >= 11 is 9.41. The summed E-state index contributed by atoms with van der Waals surface area (Å²) in [4.78, 5) is 0. The second kappa shape index (κ2) is 5.21. The lowest BCUT2D eigenvalue weighted by Crippen LogP contribution is -2.12. The van der Waals surface area contributed by atoms with Crippen molar-refractivity contribution >= 4 is 27.5 Å². The number of benzene rings is 2. The Labute approximate surface area is 115 Å². The molecule has 17 heavy (non-hydrogen) atoms.